The smallest absolute Gasteiger partial charge is 0.233 e. The summed E-state index contributed by atoms with van der Waals surface area (Å²) < 4.78 is 4.91. The quantitative estimate of drug-likeness (QED) is 0.810. The number of hydrogen-bond acceptors (Lipinski definition) is 4. The zero-order valence-corrected chi connectivity index (χ0v) is 9.67. The molecule has 2 rings (SSSR count). The number of nitrogens with one attached hydrogen (secondary N) is 2. The van der Waals surface area contributed by atoms with Crippen LogP contribution in [0.25, 0.3) is 0 Å². The van der Waals surface area contributed by atoms with E-state index >= 15 is 0 Å². The van der Waals surface area contributed by atoms with Gasteiger partial charge < -0.3 is 15.2 Å². The van der Waals surface area contributed by atoms with Crippen molar-refractivity contribution in [2.45, 2.75) is 26.7 Å². The molecule has 2 heterocycles. The normalized spacial score (nSPS) is 24.6. The lowest BCUT2D eigenvalue weighted by Gasteiger charge is -2.24. The second-order valence-corrected chi connectivity index (χ2v) is 4.34. The molecule has 1 aromatic heterocycles. The largest absolute Gasteiger partial charge is 0.360 e. The summed E-state index contributed by atoms with van der Waals surface area (Å²) >= 11 is 0. The first-order valence-corrected chi connectivity index (χ1v) is 5.62. The van der Waals surface area contributed by atoms with Crippen LogP contribution in [0.4, 0.5) is 5.82 Å². The summed E-state index contributed by atoms with van der Waals surface area (Å²) in [4.78, 5) is 12.1. The first kappa shape index (κ1) is 11.1. The van der Waals surface area contributed by atoms with Gasteiger partial charge in [-0.25, -0.2) is 0 Å². The molecule has 1 unspecified atom stereocenters. The van der Waals surface area contributed by atoms with Crippen LogP contribution in [0.2, 0.25) is 0 Å². The van der Waals surface area contributed by atoms with Crippen molar-refractivity contribution in [3.63, 3.8) is 0 Å². The highest BCUT2D eigenvalue weighted by molar-refractivity contribution is 5.94. The second-order valence-electron chi connectivity index (χ2n) is 4.34. The molecule has 2 N–H and O–H groups in total. The third-order valence-electron chi connectivity index (χ3n) is 3.27. The van der Waals surface area contributed by atoms with E-state index < -0.39 is 0 Å². The first-order chi connectivity index (χ1) is 7.66. The lowest BCUT2D eigenvalue weighted by molar-refractivity contribution is -0.124. The Hall–Kier alpha value is -1.36. The van der Waals surface area contributed by atoms with Gasteiger partial charge in [-0.05, 0) is 26.3 Å². The number of hydrogen-bond donors (Lipinski definition) is 2. The molecule has 0 aliphatic carbocycles. The molecule has 0 radical (unpaired) electrons. The van der Waals surface area contributed by atoms with E-state index in [4.69, 9.17) is 4.52 Å². The monoisotopic (exact) mass is 223 g/mol. The van der Waals surface area contributed by atoms with Gasteiger partial charge in [-0.3, -0.25) is 4.79 Å². The number of aryl methyl sites for hydroxylation is 1. The molecule has 16 heavy (non-hydrogen) atoms. The average Bonchev–Trinajstić information content (AvgIpc) is 2.88. The summed E-state index contributed by atoms with van der Waals surface area (Å²) in [5.74, 6) is 1.24. The minimum absolute atomic E-state index is 0.0355. The summed E-state index contributed by atoms with van der Waals surface area (Å²) in [5, 5.41) is 9.81. The molecule has 5 heteroatoms. The maximum absolute atomic E-state index is 12.1. The van der Waals surface area contributed by atoms with Gasteiger partial charge in [0.2, 0.25) is 5.91 Å². The predicted molar refractivity (Wildman–Crippen MR) is 60.1 cm³/mol. The maximum Gasteiger partial charge on any atom is 0.233 e. The van der Waals surface area contributed by atoms with Crippen molar-refractivity contribution < 1.29 is 9.32 Å². The van der Waals surface area contributed by atoms with E-state index in [0.717, 1.165) is 25.9 Å². The Kier molecular flexibility index (Phi) is 2.96. The minimum Gasteiger partial charge on any atom is -0.360 e. The molecule has 1 aliphatic heterocycles. The van der Waals surface area contributed by atoms with E-state index in [1.807, 2.05) is 6.92 Å². The van der Waals surface area contributed by atoms with Crippen molar-refractivity contribution >= 4 is 11.7 Å². The summed E-state index contributed by atoms with van der Waals surface area (Å²) in [6.45, 7) is 5.49. The van der Waals surface area contributed by atoms with Gasteiger partial charge in [-0.2, -0.15) is 0 Å². The van der Waals surface area contributed by atoms with Crippen LogP contribution in [-0.4, -0.2) is 24.2 Å². The summed E-state index contributed by atoms with van der Waals surface area (Å²) in [5.41, 5.74) is -0.285. The topological polar surface area (TPSA) is 67.2 Å². The Labute approximate surface area is 94.6 Å². The van der Waals surface area contributed by atoms with Gasteiger partial charge in [0, 0.05) is 12.6 Å². The predicted octanol–water partition coefficient (Wildman–Crippen LogP) is 1.31. The highest BCUT2D eigenvalue weighted by Crippen LogP contribution is 2.30. The molecular weight excluding hydrogens is 206 g/mol. The van der Waals surface area contributed by atoms with Crippen LogP contribution in [0.5, 0.6) is 0 Å². The van der Waals surface area contributed by atoms with E-state index in [9.17, 15) is 4.79 Å². The van der Waals surface area contributed by atoms with Crippen molar-refractivity contribution in [3.05, 3.63) is 11.8 Å². The Morgan fingerprint density at radius 2 is 2.56 bits per heavy atom. The molecule has 1 amide bonds. The zero-order chi connectivity index (χ0) is 11.6. The molecule has 1 saturated heterocycles. The van der Waals surface area contributed by atoms with Crippen molar-refractivity contribution in [2.75, 3.05) is 18.4 Å². The maximum atomic E-state index is 12.1. The van der Waals surface area contributed by atoms with Gasteiger partial charge in [-0.1, -0.05) is 12.1 Å². The number of aromatic nitrogens is 1. The number of rotatable bonds is 3. The SMILES string of the molecule is CCC1(C(=O)Nc2cc(C)on2)CCNC1. The van der Waals surface area contributed by atoms with Crippen molar-refractivity contribution in [2.24, 2.45) is 5.41 Å². The van der Waals surface area contributed by atoms with Gasteiger partial charge in [-0.15, -0.1) is 0 Å². The number of amides is 1. The van der Waals surface area contributed by atoms with Crippen LogP contribution in [0.3, 0.4) is 0 Å². The Bertz CT molecular complexity index is 380. The molecule has 1 fully saturated rings. The fourth-order valence-electron chi connectivity index (χ4n) is 2.07. The molecule has 0 spiro atoms. The third-order valence-corrected chi connectivity index (χ3v) is 3.27. The van der Waals surface area contributed by atoms with Crippen LogP contribution >= 0.6 is 0 Å². The molecule has 1 aliphatic rings. The minimum atomic E-state index is -0.285. The van der Waals surface area contributed by atoms with Gasteiger partial charge in [0.1, 0.15) is 5.76 Å². The zero-order valence-electron chi connectivity index (χ0n) is 9.67. The summed E-state index contributed by atoms with van der Waals surface area (Å²) in [7, 11) is 0. The van der Waals surface area contributed by atoms with E-state index in [0.29, 0.717) is 11.6 Å². The van der Waals surface area contributed by atoms with Crippen LogP contribution in [0, 0.1) is 12.3 Å². The average molecular weight is 223 g/mol. The van der Waals surface area contributed by atoms with Crippen molar-refractivity contribution in [1.29, 1.82) is 0 Å². The molecule has 5 nitrogen and oxygen atoms in total. The highest BCUT2D eigenvalue weighted by atomic mass is 16.5. The van der Waals surface area contributed by atoms with Gasteiger partial charge in [0.15, 0.2) is 5.82 Å². The van der Waals surface area contributed by atoms with Crippen LogP contribution in [0.1, 0.15) is 25.5 Å². The molecule has 0 bridgehead atoms. The van der Waals surface area contributed by atoms with E-state index in [2.05, 4.69) is 15.8 Å². The molecule has 0 saturated carbocycles. The third kappa shape index (κ3) is 1.95. The number of nitrogens with zero attached hydrogens (tertiary/aromatic N) is 1. The Morgan fingerprint density at radius 1 is 1.75 bits per heavy atom. The summed E-state index contributed by atoms with van der Waals surface area (Å²) in [6, 6.07) is 1.73. The number of anilines is 1. The molecule has 0 aromatic carbocycles. The molecule has 88 valence electrons. The van der Waals surface area contributed by atoms with Crippen molar-refractivity contribution in [3.8, 4) is 0 Å². The van der Waals surface area contributed by atoms with E-state index in [1.165, 1.54) is 0 Å². The number of carbonyl (C=O) groups excluding carboxylic acids is 1. The van der Waals surface area contributed by atoms with Crippen LogP contribution < -0.4 is 10.6 Å². The fraction of sp³-hybridized carbons (Fsp3) is 0.636. The lowest BCUT2D eigenvalue weighted by Crippen LogP contribution is -2.37. The lowest BCUT2D eigenvalue weighted by atomic mass is 9.83. The number of carbonyl (C=O) groups is 1. The second kappa shape index (κ2) is 4.25. The van der Waals surface area contributed by atoms with E-state index in [-0.39, 0.29) is 11.3 Å². The Morgan fingerprint density at radius 3 is 3.06 bits per heavy atom. The standard InChI is InChI=1S/C11H17N3O2/c1-3-11(4-5-12-7-11)10(15)13-9-6-8(2)16-14-9/h6,12H,3-5,7H2,1-2H3,(H,13,14,15). The molecule has 1 aromatic rings. The van der Waals surface area contributed by atoms with E-state index in [1.54, 1.807) is 13.0 Å². The molecular formula is C11H17N3O2. The van der Waals surface area contributed by atoms with Gasteiger partial charge in [0.05, 0.1) is 5.41 Å². The summed E-state index contributed by atoms with van der Waals surface area (Å²) in [6.07, 6.45) is 1.72. The first-order valence-electron chi connectivity index (χ1n) is 5.62. The molecule has 1 atom stereocenters. The van der Waals surface area contributed by atoms with Gasteiger partial charge in [0.25, 0.3) is 0 Å². The van der Waals surface area contributed by atoms with Gasteiger partial charge >= 0.3 is 0 Å². The van der Waals surface area contributed by atoms with Crippen molar-refractivity contribution in [1.82, 2.24) is 10.5 Å². The highest BCUT2D eigenvalue weighted by Gasteiger charge is 2.39. The van der Waals surface area contributed by atoms with Crippen LogP contribution in [0.15, 0.2) is 10.6 Å². The Balaban J connectivity index is 2.07. The fourth-order valence-corrected chi connectivity index (χ4v) is 2.07. The van der Waals surface area contributed by atoms with Crippen LogP contribution in [-0.2, 0) is 4.79 Å².